The molecule has 0 aromatic rings. The molecule has 0 N–H and O–H groups in total. The number of hydrogen-bond acceptors (Lipinski definition) is 4. The molecule has 0 aromatic heterocycles. The van der Waals surface area contributed by atoms with Crippen molar-refractivity contribution in [2.24, 2.45) is 0 Å². The Morgan fingerprint density at radius 3 is 1.79 bits per heavy atom. The summed E-state index contributed by atoms with van der Waals surface area (Å²) < 4.78 is 5.22. The van der Waals surface area contributed by atoms with Crippen LogP contribution >= 0.6 is 23.8 Å². The topological polar surface area (TPSA) is 26.3 Å². The molecular weight excluding hydrogens is 336 g/mol. The average molecular weight is 377 g/mol. The summed E-state index contributed by atoms with van der Waals surface area (Å²) in [6, 6.07) is 0. The van der Waals surface area contributed by atoms with E-state index < -0.39 is 0 Å². The molecule has 144 valence electrons. The first-order chi connectivity index (χ1) is 11.8. The third-order valence-electron chi connectivity index (χ3n) is 4.04. The first-order valence-corrected chi connectivity index (χ1v) is 12.3. The van der Waals surface area contributed by atoms with E-state index in [0.29, 0.717) is 6.42 Å². The minimum absolute atomic E-state index is 0.0360. The Bertz CT molecular complexity index is 260. The van der Waals surface area contributed by atoms with E-state index in [-0.39, 0.29) is 5.97 Å². The molecule has 0 bridgehead atoms. The summed E-state index contributed by atoms with van der Waals surface area (Å²) in [6.07, 6.45) is 17.4. The maximum Gasteiger partial charge on any atom is 0.317 e. The van der Waals surface area contributed by atoms with E-state index in [0.717, 1.165) is 24.3 Å². The standard InChI is InChI=1S/C20H40O2S2/c1-3-5-7-9-11-13-17-23-18-15-16-20(21)22-24-19-14-12-10-8-6-4-2/h3-19H2,1-2H3. The quantitative estimate of drug-likeness (QED) is 0.173. The zero-order valence-corrected chi connectivity index (χ0v) is 17.8. The Kier molecular flexibility index (Phi) is 21.4. The Morgan fingerprint density at radius 1 is 0.667 bits per heavy atom. The third-order valence-corrected chi connectivity index (χ3v) is 5.96. The van der Waals surface area contributed by atoms with Crippen LogP contribution < -0.4 is 0 Å². The van der Waals surface area contributed by atoms with Crippen molar-refractivity contribution in [1.29, 1.82) is 0 Å². The summed E-state index contributed by atoms with van der Waals surface area (Å²) in [5.41, 5.74) is 0. The number of hydrogen-bond donors (Lipinski definition) is 0. The van der Waals surface area contributed by atoms with Crippen LogP contribution in [0.1, 0.15) is 104 Å². The molecule has 0 radical (unpaired) electrons. The van der Waals surface area contributed by atoms with Crippen molar-refractivity contribution < 1.29 is 8.98 Å². The summed E-state index contributed by atoms with van der Waals surface area (Å²) in [7, 11) is 0. The summed E-state index contributed by atoms with van der Waals surface area (Å²) >= 11 is 3.34. The lowest BCUT2D eigenvalue weighted by atomic mass is 10.1. The van der Waals surface area contributed by atoms with Crippen LogP contribution in [0, 0.1) is 0 Å². The smallest absolute Gasteiger partial charge is 0.317 e. The molecule has 0 heterocycles. The van der Waals surface area contributed by atoms with Crippen molar-refractivity contribution in [3.63, 3.8) is 0 Å². The SMILES string of the molecule is CCCCCCCCSCCCC(=O)OSCCCCCCCC. The highest BCUT2D eigenvalue weighted by Crippen LogP contribution is 2.14. The molecule has 0 amide bonds. The summed E-state index contributed by atoms with van der Waals surface area (Å²) in [5, 5.41) is 0. The molecule has 2 nitrogen and oxygen atoms in total. The van der Waals surface area contributed by atoms with Gasteiger partial charge in [-0.25, -0.2) is 0 Å². The van der Waals surface area contributed by atoms with Gasteiger partial charge in [0.2, 0.25) is 0 Å². The van der Waals surface area contributed by atoms with Gasteiger partial charge in [0.25, 0.3) is 0 Å². The number of thioether (sulfide) groups is 1. The Morgan fingerprint density at radius 2 is 1.17 bits per heavy atom. The summed E-state index contributed by atoms with van der Waals surface area (Å²) in [5.74, 6) is 3.25. The zero-order valence-electron chi connectivity index (χ0n) is 16.2. The molecule has 0 aliphatic rings. The minimum atomic E-state index is -0.0360. The normalized spacial score (nSPS) is 10.9. The van der Waals surface area contributed by atoms with Crippen molar-refractivity contribution in [2.75, 3.05) is 17.3 Å². The molecule has 0 aromatic carbocycles. The van der Waals surface area contributed by atoms with Gasteiger partial charge in [-0.15, -0.1) is 0 Å². The van der Waals surface area contributed by atoms with Crippen LogP contribution in [0.15, 0.2) is 0 Å². The molecule has 0 aliphatic carbocycles. The average Bonchev–Trinajstić information content (AvgIpc) is 2.59. The summed E-state index contributed by atoms with van der Waals surface area (Å²) in [6.45, 7) is 4.50. The van der Waals surface area contributed by atoms with Gasteiger partial charge in [-0.1, -0.05) is 78.1 Å². The third kappa shape index (κ3) is 20.2. The van der Waals surface area contributed by atoms with Crippen LogP contribution in [-0.4, -0.2) is 23.2 Å². The van der Waals surface area contributed by atoms with Gasteiger partial charge in [-0.3, -0.25) is 4.79 Å². The molecule has 0 aliphatic heterocycles. The monoisotopic (exact) mass is 376 g/mol. The van der Waals surface area contributed by atoms with Crippen LogP contribution in [0.3, 0.4) is 0 Å². The molecule has 0 fully saturated rings. The van der Waals surface area contributed by atoms with Crippen molar-refractivity contribution >= 4 is 29.8 Å². The fourth-order valence-electron chi connectivity index (χ4n) is 2.50. The van der Waals surface area contributed by atoms with Crippen molar-refractivity contribution in [3.05, 3.63) is 0 Å². The Hall–Kier alpha value is 0.170. The lowest BCUT2D eigenvalue weighted by molar-refractivity contribution is -0.133. The van der Waals surface area contributed by atoms with E-state index in [1.54, 1.807) is 0 Å². The van der Waals surface area contributed by atoms with Crippen LogP contribution in [0.5, 0.6) is 0 Å². The fourth-order valence-corrected chi connectivity index (χ4v) is 4.08. The molecular formula is C20H40O2S2. The number of carbonyl (C=O) groups is 1. The zero-order chi connectivity index (χ0) is 17.7. The van der Waals surface area contributed by atoms with Gasteiger partial charge in [0.1, 0.15) is 0 Å². The predicted octanol–water partition coefficient (Wildman–Crippen LogP) is 7.41. The second kappa shape index (κ2) is 21.2. The molecule has 4 heteroatoms. The maximum atomic E-state index is 11.6. The van der Waals surface area contributed by atoms with Crippen molar-refractivity contribution in [3.8, 4) is 0 Å². The number of rotatable bonds is 19. The maximum absolute atomic E-state index is 11.6. The predicted molar refractivity (Wildman–Crippen MR) is 112 cm³/mol. The molecule has 24 heavy (non-hydrogen) atoms. The Labute approximate surface area is 159 Å². The van der Waals surface area contributed by atoms with Crippen LogP contribution in [0.25, 0.3) is 0 Å². The minimum Gasteiger partial charge on any atom is -0.391 e. The first-order valence-electron chi connectivity index (χ1n) is 10.2. The van der Waals surface area contributed by atoms with Crippen LogP contribution in [0.4, 0.5) is 0 Å². The van der Waals surface area contributed by atoms with Crippen molar-refractivity contribution in [1.82, 2.24) is 0 Å². The van der Waals surface area contributed by atoms with Crippen LogP contribution in [0.2, 0.25) is 0 Å². The molecule has 0 rings (SSSR count). The molecule has 0 saturated heterocycles. The first kappa shape index (κ1) is 24.2. The van der Waals surface area contributed by atoms with E-state index in [2.05, 4.69) is 13.8 Å². The van der Waals surface area contributed by atoms with Crippen LogP contribution in [-0.2, 0) is 8.98 Å². The second-order valence-corrected chi connectivity index (χ2v) is 8.56. The molecule has 0 unspecified atom stereocenters. The van der Waals surface area contributed by atoms with E-state index in [1.807, 2.05) is 11.8 Å². The highest BCUT2D eigenvalue weighted by Gasteiger charge is 2.03. The van der Waals surface area contributed by atoms with Gasteiger partial charge in [-0.05, 0) is 30.8 Å². The van der Waals surface area contributed by atoms with Gasteiger partial charge in [0.05, 0.1) is 12.0 Å². The van der Waals surface area contributed by atoms with Gasteiger partial charge < -0.3 is 4.18 Å². The summed E-state index contributed by atoms with van der Waals surface area (Å²) in [4.78, 5) is 11.6. The second-order valence-electron chi connectivity index (χ2n) is 6.53. The van der Waals surface area contributed by atoms with E-state index in [9.17, 15) is 4.79 Å². The lowest BCUT2D eigenvalue weighted by Crippen LogP contribution is -2.00. The number of unbranched alkanes of at least 4 members (excludes halogenated alkanes) is 10. The number of carbonyl (C=O) groups excluding carboxylic acids is 1. The highest BCUT2D eigenvalue weighted by atomic mass is 32.2. The Balaban J connectivity index is 3.13. The van der Waals surface area contributed by atoms with Gasteiger partial charge in [0.15, 0.2) is 0 Å². The molecule has 0 atom stereocenters. The van der Waals surface area contributed by atoms with Crippen molar-refractivity contribution in [2.45, 2.75) is 104 Å². The highest BCUT2D eigenvalue weighted by molar-refractivity contribution is 7.99. The lowest BCUT2D eigenvalue weighted by Gasteiger charge is -2.04. The molecule has 0 spiro atoms. The van der Waals surface area contributed by atoms with E-state index in [4.69, 9.17) is 4.18 Å². The van der Waals surface area contributed by atoms with E-state index in [1.165, 1.54) is 88.4 Å². The van der Waals surface area contributed by atoms with Gasteiger partial charge in [0, 0.05) is 12.2 Å². The van der Waals surface area contributed by atoms with Gasteiger partial charge >= 0.3 is 5.97 Å². The fraction of sp³-hybridized carbons (Fsp3) is 0.950. The largest absolute Gasteiger partial charge is 0.391 e. The van der Waals surface area contributed by atoms with E-state index >= 15 is 0 Å². The molecule has 0 saturated carbocycles. The van der Waals surface area contributed by atoms with Gasteiger partial charge in [-0.2, -0.15) is 11.8 Å².